The lowest BCUT2D eigenvalue weighted by Crippen LogP contribution is -2.37. The first-order valence-corrected chi connectivity index (χ1v) is 42.3. The maximum Gasteiger partial charge on any atom is 0.185 e. The van der Waals surface area contributed by atoms with Gasteiger partial charge in [0, 0.05) is 138 Å². The van der Waals surface area contributed by atoms with Gasteiger partial charge < -0.3 is 26.6 Å². The van der Waals surface area contributed by atoms with Gasteiger partial charge in [-0.25, -0.2) is 64.4 Å². The van der Waals surface area contributed by atoms with E-state index in [2.05, 4.69) is 102 Å². The lowest BCUT2D eigenvalue weighted by molar-refractivity contribution is 0.0991. The van der Waals surface area contributed by atoms with Crippen molar-refractivity contribution in [1.29, 1.82) is 0 Å². The van der Waals surface area contributed by atoms with E-state index >= 15 is 0 Å². The van der Waals surface area contributed by atoms with Gasteiger partial charge in [0.25, 0.3) is 0 Å². The van der Waals surface area contributed by atoms with Gasteiger partial charge in [-0.1, -0.05) is 72.8 Å². The van der Waals surface area contributed by atoms with Gasteiger partial charge >= 0.3 is 0 Å². The summed E-state index contributed by atoms with van der Waals surface area (Å²) >= 11 is 0. The SMILES string of the molecule is [2H]C([2H])([2H])n1ncnc1[C@@H]1C2=NCC(=O)c3cc(F)cc(c32)N[C@@]1([2H])c1ccc(F)cc1.[2H]C([2H])([2H])n1ncnc1[C@@H]1C2=NCC(=O)c3cc(F)cc(c32)N[C@H]1c1ccc(F)cc1.[2H]C([2H])([2H])n1ncnc1[C@]1([2H])C2=NCC(=O)c3cc(F)cc(c32)N[C@@]1([2H])c1ccc(F)cc1.[2H]C([2H])([2H])n1ncnc1[C@]1([2H])C2=NCC(=O)c3cccc(c32)N[C@@]1([2H])c1ccc(F)cc1.[2H][C@@]1(c2ccc(F)cc2)Nc2cc(F)cc3c2C(=NCC3=O)[C@H]1c1ncnn1C. The number of hydrogen-bond acceptors (Lipinski definition) is 25. The zero-order valence-electron chi connectivity index (χ0n) is 89.5. The maximum atomic E-state index is 14.4. The number of hydrogen-bond donors (Lipinski definition) is 5. The van der Waals surface area contributed by atoms with Crippen LogP contribution < -0.4 is 26.6 Å². The van der Waals surface area contributed by atoms with E-state index in [4.69, 9.17) is 16.4 Å². The van der Waals surface area contributed by atoms with Crippen molar-refractivity contribution in [1.82, 2.24) is 73.8 Å². The van der Waals surface area contributed by atoms with Gasteiger partial charge in [0.2, 0.25) is 0 Å². The van der Waals surface area contributed by atoms with Crippen LogP contribution in [0.3, 0.4) is 0 Å². The second-order valence-electron chi connectivity index (χ2n) is 32.4. The smallest absolute Gasteiger partial charge is 0.185 e. The molecule has 0 saturated heterocycles. The number of ketones is 5. The Morgan fingerprint density at radius 1 is 0.281 bits per heavy atom. The molecule has 0 bridgehead atoms. The van der Waals surface area contributed by atoms with Gasteiger partial charge in [-0.15, -0.1) is 0 Å². The molecular formula is C100H76F9N25O5. The number of carbonyl (C=O) groups is 5. The summed E-state index contributed by atoms with van der Waals surface area (Å²) in [5.74, 6) is -14.5. The minimum atomic E-state index is -2.85. The van der Waals surface area contributed by atoms with Gasteiger partial charge in [0.1, 0.15) is 146 Å². The normalized spacial score (nSPS) is 25.9. The quantitative estimate of drug-likeness (QED) is 0.0794. The summed E-state index contributed by atoms with van der Waals surface area (Å²) in [6, 6.07) is 31.6. The fraction of sp³-hybridized carbons (Fsp3) is 0.200. The molecule has 5 N–H and O–H groups in total. The largest absolute Gasteiger partial charge is 0.377 e. The summed E-state index contributed by atoms with van der Waals surface area (Å²) in [6.45, 7) is -12.2. The second-order valence-corrected chi connectivity index (χ2v) is 32.4. The molecule has 10 atom stereocenters. The summed E-state index contributed by atoms with van der Waals surface area (Å²) in [7, 11) is 1.70. The first kappa shape index (κ1) is 69.7. The van der Waals surface area contributed by atoms with Crippen LogP contribution >= 0.6 is 0 Å². The molecule has 5 aromatic heterocycles. The van der Waals surface area contributed by atoms with E-state index in [-0.39, 0.29) is 140 Å². The highest BCUT2D eigenvalue weighted by Crippen LogP contribution is 2.52. The van der Waals surface area contributed by atoms with Crippen LogP contribution in [0.4, 0.5) is 68.0 Å². The van der Waals surface area contributed by atoms with E-state index in [1.807, 2.05) is 0 Å². The Kier molecular flexibility index (Phi) is 17.9. The zero-order chi connectivity index (χ0) is 112. The molecule has 0 aliphatic carbocycles. The van der Waals surface area contributed by atoms with E-state index in [1.165, 1.54) is 102 Å². The van der Waals surface area contributed by atoms with E-state index in [0.717, 1.165) is 101 Å². The van der Waals surface area contributed by atoms with Gasteiger partial charge in [-0.2, -0.15) is 25.5 Å². The van der Waals surface area contributed by atoms with Crippen LogP contribution in [0.2, 0.25) is 0 Å². The Bertz CT molecular complexity index is 8630. The predicted octanol–water partition coefficient (Wildman–Crippen LogP) is 15.0. The highest BCUT2D eigenvalue weighted by Gasteiger charge is 2.49. The van der Waals surface area contributed by atoms with E-state index < -0.39 is 164 Å². The van der Waals surface area contributed by atoms with Gasteiger partial charge in [0.05, 0.1) is 93.7 Å². The Morgan fingerprint density at radius 3 is 0.906 bits per heavy atom. The van der Waals surface area contributed by atoms with Crippen LogP contribution in [0.15, 0.2) is 245 Å². The number of aromatic nitrogens is 15. The van der Waals surface area contributed by atoms with Crippen molar-refractivity contribution in [2.45, 2.75) is 59.7 Å². The highest BCUT2D eigenvalue weighted by atomic mass is 19.2. The molecule has 10 aromatic carbocycles. The molecule has 10 aliphatic heterocycles. The van der Waals surface area contributed by atoms with Crippen LogP contribution in [0, 0.1) is 52.4 Å². The summed E-state index contributed by atoms with van der Waals surface area (Å²) in [6.07, 6.45) is 5.51. The highest BCUT2D eigenvalue weighted by molar-refractivity contribution is 6.25. The lowest BCUT2D eigenvalue weighted by Gasteiger charge is -2.37. The average Bonchev–Trinajstić information content (AvgIpc) is 1.69. The van der Waals surface area contributed by atoms with Crippen molar-refractivity contribution >= 4 is 85.9 Å². The number of nitrogens with zero attached hydrogens (tertiary/aromatic N) is 20. The molecule has 139 heavy (non-hydrogen) atoms. The molecule has 25 rings (SSSR count). The molecule has 0 unspecified atom stereocenters. The standard InChI is InChI=1S/4C20H15F2N5O.C20H16FN5O/c4*1-27-20(24-9-25-27)17-18(10-2-4-11(21)5-3-10)26-14-7-12(22)6-13-15(28)8-23-19(17)16(13)14;1-26-20(23-10-24-26)17-18(11-5-7-12(21)8-6-11)25-14-4-2-3-13-15(27)9-22-19(17)16(13)14/h4*2-7,9,17-18,26H,8H2,1H3;2-8,10,17-18,25H,9H2,1H3/t5*17-,18-/m00000/s1/i1D3,17D,18D;1D3,18D;18D;1D3;1D3,17D,18D. The van der Waals surface area contributed by atoms with Gasteiger partial charge in [-0.3, -0.25) is 72.3 Å². The molecule has 10 aliphatic rings. The monoisotopic (exact) mass is 1900 g/mol. The topological polar surface area (TPSA) is 361 Å². The molecule has 0 saturated carbocycles. The predicted molar refractivity (Wildman–Crippen MR) is 493 cm³/mol. The molecule has 15 heterocycles. The number of nitrogens with one attached hydrogen (secondary N) is 5. The lowest BCUT2D eigenvalue weighted by atomic mass is 9.78. The average molecular weight is 1900 g/mol. The molecule has 30 nitrogen and oxygen atoms in total. The minimum absolute atomic E-state index is 0.0268. The van der Waals surface area contributed by atoms with Crippen LogP contribution in [0.5, 0.6) is 0 Å². The number of Topliss-reactive ketones (excluding diaryl/α,β-unsaturated/α-hetero) is 5. The van der Waals surface area contributed by atoms with Crippen molar-refractivity contribution in [3.05, 3.63) is 385 Å². The number of aryl methyl sites for hydroxylation is 5. The Morgan fingerprint density at radius 2 is 0.547 bits per heavy atom. The van der Waals surface area contributed by atoms with Crippen molar-refractivity contribution in [3.8, 4) is 0 Å². The van der Waals surface area contributed by atoms with E-state index in [1.54, 1.807) is 37.4 Å². The van der Waals surface area contributed by atoms with Crippen molar-refractivity contribution < 1.29 is 88.2 Å². The summed E-state index contributed by atoms with van der Waals surface area (Å²) in [5.41, 5.74) is 6.13. The summed E-state index contributed by atoms with van der Waals surface area (Å²) in [4.78, 5) is 105. The number of aliphatic imine (C=N–C) groups is 5. The first-order chi connectivity index (χ1) is 74.2. The van der Waals surface area contributed by atoms with E-state index in [0.29, 0.717) is 77.1 Å². The van der Waals surface area contributed by atoms with Crippen LogP contribution in [-0.2, 0) is 35.0 Å². The van der Waals surface area contributed by atoms with Crippen LogP contribution in [-0.4, -0.2) is 164 Å². The molecule has 0 spiro atoms. The Labute approximate surface area is 808 Å². The van der Waals surface area contributed by atoms with Crippen molar-refractivity contribution in [3.63, 3.8) is 0 Å². The summed E-state index contributed by atoms with van der Waals surface area (Å²) < 4.78 is 280. The van der Waals surface area contributed by atoms with Gasteiger partial charge in [0.15, 0.2) is 28.9 Å². The molecule has 39 heteroatoms. The molecule has 0 amide bonds. The Balaban J connectivity index is 0.000000113. The van der Waals surface area contributed by atoms with Crippen molar-refractivity contribution in [2.75, 3.05) is 59.3 Å². The molecule has 15 aromatic rings. The van der Waals surface area contributed by atoms with Gasteiger partial charge in [-0.05, 0) is 143 Å². The number of benzene rings is 10. The second kappa shape index (κ2) is 35.7. The summed E-state index contributed by atoms with van der Waals surface area (Å²) in [5, 5.41) is 34.3. The first-order valence-electron chi connectivity index (χ1n) is 51.3. The third kappa shape index (κ3) is 16.1. The molecule has 694 valence electrons. The fourth-order valence-corrected chi connectivity index (χ4v) is 18.3. The minimum Gasteiger partial charge on any atom is -0.377 e. The number of rotatable bonds is 10. The molecular weight excluding hydrogens is 1800 g/mol. The van der Waals surface area contributed by atoms with Crippen LogP contribution in [0.1, 0.15) is 221 Å². The number of carbonyl (C=O) groups excluding carboxylic acids is 5. The third-order valence-electron chi connectivity index (χ3n) is 24.3. The Hall–Kier alpha value is -17.0. The number of anilines is 5. The fourth-order valence-electron chi connectivity index (χ4n) is 18.3. The maximum absolute atomic E-state index is 14.4. The third-order valence-corrected chi connectivity index (χ3v) is 24.3. The zero-order valence-corrected chi connectivity index (χ0v) is 71.5. The van der Waals surface area contributed by atoms with Crippen molar-refractivity contribution in [2.24, 2.45) is 59.9 Å². The van der Waals surface area contributed by atoms with E-state index in [9.17, 15) is 71.7 Å². The molecule has 0 radical (unpaired) electrons. The number of halogens is 9. The van der Waals surface area contributed by atoms with Crippen LogP contribution in [0.25, 0.3) is 0 Å². The molecule has 0 fully saturated rings.